The number of nitrogens with two attached hydrogens (primary N) is 1. The summed E-state index contributed by atoms with van der Waals surface area (Å²) in [6, 6.07) is 0.376. The normalized spacial score (nSPS) is 24.9. The van der Waals surface area contributed by atoms with E-state index in [9.17, 15) is 4.79 Å². The molecule has 0 aromatic heterocycles. The van der Waals surface area contributed by atoms with E-state index in [-0.39, 0.29) is 11.8 Å². The van der Waals surface area contributed by atoms with Crippen LogP contribution >= 0.6 is 12.2 Å². The molecule has 0 bridgehead atoms. The summed E-state index contributed by atoms with van der Waals surface area (Å²) in [6.45, 7) is 4.21. The Balaban J connectivity index is 2.36. The van der Waals surface area contributed by atoms with E-state index >= 15 is 0 Å². The highest BCUT2D eigenvalue weighted by Gasteiger charge is 2.38. The maximum absolute atomic E-state index is 11.9. The molecule has 3 unspecified atom stereocenters. The molecule has 3 N–H and O–H groups in total. The molecule has 1 saturated carbocycles. The van der Waals surface area contributed by atoms with Crippen LogP contribution in [0, 0.1) is 11.8 Å². The molecule has 1 aliphatic rings. The molecule has 1 fully saturated rings. The van der Waals surface area contributed by atoms with Crippen LogP contribution in [0.5, 0.6) is 0 Å². The van der Waals surface area contributed by atoms with Gasteiger partial charge in [0, 0.05) is 6.04 Å². The molecule has 0 radical (unpaired) electrons. The van der Waals surface area contributed by atoms with Gasteiger partial charge in [-0.3, -0.25) is 4.79 Å². The monoisotopic (exact) mass is 242 g/mol. The summed E-state index contributed by atoms with van der Waals surface area (Å²) >= 11 is 4.93. The first-order valence-electron chi connectivity index (χ1n) is 6.19. The van der Waals surface area contributed by atoms with E-state index in [0.717, 1.165) is 19.3 Å². The van der Waals surface area contributed by atoms with Crippen LogP contribution in [-0.4, -0.2) is 16.9 Å². The molecule has 0 aromatic carbocycles. The third-order valence-corrected chi connectivity index (χ3v) is 3.43. The molecule has 0 aliphatic heterocycles. The Morgan fingerprint density at radius 2 is 2.19 bits per heavy atom. The Morgan fingerprint density at radius 1 is 1.50 bits per heavy atom. The van der Waals surface area contributed by atoms with Crippen molar-refractivity contribution in [2.45, 2.75) is 52.0 Å². The van der Waals surface area contributed by atoms with E-state index in [2.05, 4.69) is 12.2 Å². The number of hydrogen-bond acceptors (Lipinski definition) is 2. The van der Waals surface area contributed by atoms with Crippen molar-refractivity contribution in [2.24, 2.45) is 17.6 Å². The highest BCUT2D eigenvalue weighted by molar-refractivity contribution is 7.80. The summed E-state index contributed by atoms with van der Waals surface area (Å²) in [4.78, 5) is 12.2. The first-order valence-corrected chi connectivity index (χ1v) is 6.60. The van der Waals surface area contributed by atoms with Crippen LogP contribution in [0.15, 0.2) is 0 Å². The van der Waals surface area contributed by atoms with Crippen LogP contribution < -0.4 is 11.1 Å². The largest absolute Gasteiger partial charge is 0.393 e. The molecule has 0 aromatic rings. The molecule has 3 nitrogen and oxygen atoms in total. The van der Waals surface area contributed by atoms with Gasteiger partial charge >= 0.3 is 0 Å². The van der Waals surface area contributed by atoms with Crippen LogP contribution in [0.1, 0.15) is 46.0 Å². The molecule has 92 valence electrons. The van der Waals surface area contributed by atoms with Gasteiger partial charge in [0.2, 0.25) is 5.91 Å². The van der Waals surface area contributed by atoms with E-state index in [1.807, 2.05) is 6.92 Å². The van der Waals surface area contributed by atoms with Crippen LogP contribution in [0.4, 0.5) is 0 Å². The van der Waals surface area contributed by atoms with Crippen molar-refractivity contribution in [1.29, 1.82) is 0 Å². The van der Waals surface area contributed by atoms with E-state index in [0.29, 0.717) is 16.9 Å². The molecule has 0 heterocycles. The number of hydrogen-bond donors (Lipinski definition) is 2. The average molecular weight is 242 g/mol. The van der Waals surface area contributed by atoms with E-state index in [1.54, 1.807) is 0 Å². The molecular formula is C12H22N2OS. The number of carbonyl (C=O) groups is 1. The topological polar surface area (TPSA) is 55.1 Å². The summed E-state index contributed by atoms with van der Waals surface area (Å²) in [5.41, 5.74) is 5.58. The first-order chi connectivity index (χ1) is 7.60. The molecule has 1 aliphatic carbocycles. The third kappa shape index (κ3) is 3.74. The van der Waals surface area contributed by atoms with Gasteiger partial charge in [-0.1, -0.05) is 38.9 Å². The third-order valence-electron chi connectivity index (χ3n) is 3.15. The smallest absolute Gasteiger partial charge is 0.230 e. The zero-order valence-corrected chi connectivity index (χ0v) is 11.0. The second-order valence-electron chi connectivity index (χ2n) is 4.64. The Bertz CT molecular complexity index is 268. The fourth-order valence-electron chi connectivity index (χ4n) is 2.09. The summed E-state index contributed by atoms with van der Waals surface area (Å²) in [6.07, 6.45) is 5.20. The Kier molecular flexibility index (Phi) is 5.19. The van der Waals surface area contributed by atoms with Crippen molar-refractivity contribution < 1.29 is 4.79 Å². The predicted octanol–water partition coefficient (Wildman–Crippen LogP) is 1.99. The van der Waals surface area contributed by atoms with Crippen LogP contribution in [0.25, 0.3) is 0 Å². The highest BCUT2D eigenvalue weighted by atomic mass is 32.1. The minimum absolute atomic E-state index is 0.0259. The van der Waals surface area contributed by atoms with E-state index < -0.39 is 0 Å². The molecular weight excluding hydrogens is 220 g/mol. The number of carbonyl (C=O) groups excluding carboxylic acids is 1. The van der Waals surface area contributed by atoms with Gasteiger partial charge in [-0.15, -0.1) is 0 Å². The molecule has 4 heteroatoms. The molecule has 1 rings (SSSR count). The summed E-state index contributed by atoms with van der Waals surface area (Å²) in [7, 11) is 0. The fraction of sp³-hybridized carbons (Fsp3) is 0.833. The number of amides is 1. The van der Waals surface area contributed by atoms with Gasteiger partial charge in [0.1, 0.15) is 0 Å². The average Bonchev–Trinajstić information content (AvgIpc) is 2.92. The summed E-state index contributed by atoms with van der Waals surface area (Å²) < 4.78 is 0. The van der Waals surface area contributed by atoms with E-state index in [4.69, 9.17) is 18.0 Å². The Labute approximate surface area is 103 Å². The lowest BCUT2D eigenvalue weighted by molar-refractivity contribution is -0.123. The lowest BCUT2D eigenvalue weighted by Gasteiger charge is -2.14. The van der Waals surface area contributed by atoms with Gasteiger partial charge in [0.15, 0.2) is 0 Å². The van der Waals surface area contributed by atoms with Crippen molar-refractivity contribution >= 4 is 23.1 Å². The molecule has 1 amide bonds. The van der Waals surface area contributed by atoms with Gasteiger partial charge in [0.25, 0.3) is 0 Å². The fourth-order valence-corrected chi connectivity index (χ4v) is 2.31. The zero-order valence-electron chi connectivity index (χ0n) is 10.2. The van der Waals surface area contributed by atoms with Crippen molar-refractivity contribution in [3.05, 3.63) is 0 Å². The minimum Gasteiger partial charge on any atom is -0.393 e. The van der Waals surface area contributed by atoms with Crippen molar-refractivity contribution in [3.8, 4) is 0 Å². The van der Waals surface area contributed by atoms with Gasteiger partial charge in [0.05, 0.1) is 10.9 Å². The number of nitrogens with one attached hydrogen (secondary N) is 1. The maximum atomic E-state index is 11.9. The molecule has 0 spiro atoms. The van der Waals surface area contributed by atoms with Gasteiger partial charge in [-0.05, 0) is 25.2 Å². The van der Waals surface area contributed by atoms with Crippen molar-refractivity contribution in [1.82, 2.24) is 5.32 Å². The molecule has 0 saturated heterocycles. The van der Waals surface area contributed by atoms with Gasteiger partial charge < -0.3 is 11.1 Å². The maximum Gasteiger partial charge on any atom is 0.230 e. The second-order valence-corrected chi connectivity index (χ2v) is 5.11. The first kappa shape index (κ1) is 13.4. The van der Waals surface area contributed by atoms with Crippen molar-refractivity contribution in [2.75, 3.05) is 0 Å². The lowest BCUT2D eigenvalue weighted by atomic mass is 10.0. The number of thiocarbonyl (C=S) groups is 1. The van der Waals surface area contributed by atoms with Crippen LogP contribution in [-0.2, 0) is 4.79 Å². The molecule has 3 atom stereocenters. The lowest BCUT2D eigenvalue weighted by Crippen LogP contribution is -2.39. The van der Waals surface area contributed by atoms with Crippen LogP contribution in [0.3, 0.4) is 0 Å². The Morgan fingerprint density at radius 3 is 2.69 bits per heavy atom. The SMILES string of the molecule is CCCC(C(=O)NC1CC1CCC)C(N)=S. The highest BCUT2D eigenvalue weighted by Crippen LogP contribution is 2.34. The van der Waals surface area contributed by atoms with Gasteiger partial charge in [-0.25, -0.2) is 0 Å². The quantitative estimate of drug-likeness (QED) is 0.671. The summed E-state index contributed by atoms with van der Waals surface area (Å²) in [5.74, 6) is 0.434. The van der Waals surface area contributed by atoms with E-state index in [1.165, 1.54) is 12.8 Å². The van der Waals surface area contributed by atoms with Crippen LogP contribution in [0.2, 0.25) is 0 Å². The molecule has 16 heavy (non-hydrogen) atoms. The second kappa shape index (κ2) is 6.18. The number of rotatable bonds is 7. The minimum atomic E-state index is -0.275. The predicted molar refractivity (Wildman–Crippen MR) is 70.1 cm³/mol. The summed E-state index contributed by atoms with van der Waals surface area (Å²) in [5, 5.41) is 3.05. The van der Waals surface area contributed by atoms with Gasteiger partial charge in [-0.2, -0.15) is 0 Å². The zero-order chi connectivity index (χ0) is 12.1. The standard InChI is InChI=1S/C12H22N2OS/c1-3-5-8-7-10(8)14-12(15)9(6-4-2)11(13)16/h8-10H,3-7H2,1-2H3,(H2,13,16)(H,14,15). The van der Waals surface area contributed by atoms with Crippen molar-refractivity contribution in [3.63, 3.8) is 0 Å². The Hall–Kier alpha value is -0.640.